The van der Waals surface area contributed by atoms with Crippen molar-refractivity contribution in [1.82, 2.24) is 0 Å². The molecule has 0 radical (unpaired) electrons. The van der Waals surface area contributed by atoms with Crippen molar-refractivity contribution in [1.29, 1.82) is 0 Å². The zero-order chi connectivity index (χ0) is 11.6. The maximum Gasteiger partial charge on any atom is 0.0950 e. The second kappa shape index (κ2) is 4.57. The molecule has 86 valence electrons. The third-order valence-electron chi connectivity index (χ3n) is 3.02. The molecule has 0 heterocycles. The molecule has 0 fully saturated rings. The molecule has 0 aliphatic rings. The number of hydrogen-bond donors (Lipinski definition) is 4. The molecule has 0 saturated heterocycles. The predicted molar refractivity (Wildman–Crippen MR) is 53.8 cm³/mol. The van der Waals surface area contributed by atoms with Crippen LogP contribution in [0.4, 0.5) is 0 Å². The first kappa shape index (κ1) is 13.8. The highest BCUT2D eigenvalue weighted by Crippen LogP contribution is 2.32. The lowest BCUT2D eigenvalue weighted by molar-refractivity contribution is -0.177. The highest BCUT2D eigenvalue weighted by atomic mass is 16.4. The van der Waals surface area contributed by atoms with Crippen LogP contribution in [0.2, 0.25) is 0 Å². The van der Waals surface area contributed by atoms with Gasteiger partial charge in [-0.15, -0.1) is 0 Å². The Morgan fingerprint density at radius 2 is 1.57 bits per heavy atom. The molecule has 14 heavy (non-hydrogen) atoms. The van der Waals surface area contributed by atoms with Crippen LogP contribution in [0.25, 0.3) is 0 Å². The molecule has 0 aliphatic heterocycles. The summed E-state index contributed by atoms with van der Waals surface area (Å²) in [6.45, 7) is 5.93. The topological polar surface area (TPSA) is 80.9 Å². The lowest BCUT2D eigenvalue weighted by atomic mass is 9.74. The Bertz CT molecular complexity index is 175. The SMILES string of the molecule is CC(O)CC(C)(O)C(C)(O)C(C)CO. The molecule has 0 rings (SSSR count). The Morgan fingerprint density at radius 1 is 1.14 bits per heavy atom. The third kappa shape index (κ3) is 2.92. The summed E-state index contributed by atoms with van der Waals surface area (Å²) < 4.78 is 0. The van der Waals surface area contributed by atoms with Gasteiger partial charge in [-0.05, 0) is 20.8 Å². The molecule has 0 spiro atoms. The first-order chi connectivity index (χ1) is 6.15. The van der Waals surface area contributed by atoms with Gasteiger partial charge in [0.2, 0.25) is 0 Å². The average molecular weight is 206 g/mol. The Kier molecular flexibility index (Phi) is 4.52. The van der Waals surface area contributed by atoms with Crippen molar-refractivity contribution in [2.75, 3.05) is 6.61 Å². The van der Waals surface area contributed by atoms with Crippen LogP contribution in [0, 0.1) is 5.92 Å². The van der Waals surface area contributed by atoms with Gasteiger partial charge in [-0.3, -0.25) is 0 Å². The molecule has 4 N–H and O–H groups in total. The monoisotopic (exact) mass is 206 g/mol. The summed E-state index contributed by atoms with van der Waals surface area (Å²) in [6.07, 6.45) is -0.619. The molecule has 0 amide bonds. The highest BCUT2D eigenvalue weighted by Gasteiger charge is 2.45. The van der Waals surface area contributed by atoms with E-state index >= 15 is 0 Å². The molecule has 0 aromatic rings. The van der Waals surface area contributed by atoms with E-state index in [1.165, 1.54) is 13.8 Å². The molecule has 0 aromatic carbocycles. The second-order valence-corrected chi connectivity index (χ2v) is 4.56. The van der Waals surface area contributed by atoms with E-state index in [0.29, 0.717) is 0 Å². The van der Waals surface area contributed by atoms with E-state index in [1.54, 1.807) is 13.8 Å². The fraction of sp³-hybridized carbons (Fsp3) is 1.00. The lowest BCUT2D eigenvalue weighted by Crippen LogP contribution is -2.56. The van der Waals surface area contributed by atoms with E-state index < -0.39 is 23.2 Å². The Labute approximate surface area is 85.2 Å². The molecule has 0 bridgehead atoms. The van der Waals surface area contributed by atoms with Gasteiger partial charge in [0.25, 0.3) is 0 Å². The van der Waals surface area contributed by atoms with Gasteiger partial charge in [0.15, 0.2) is 0 Å². The third-order valence-corrected chi connectivity index (χ3v) is 3.02. The van der Waals surface area contributed by atoms with E-state index in [4.69, 9.17) is 5.11 Å². The van der Waals surface area contributed by atoms with Crippen LogP contribution in [0.15, 0.2) is 0 Å². The van der Waals surface area contributed by atoms with Crippen LogP contribution in [-0.2, 0) is 0 Å². The first-order valence-corrected chi connectivity index (χ1v) is 4.89. The number of hydrogen-bond acceptors (Lipinski definition) is 4. The smallest absolute Gasteiger partial charge is 0.0950 e. The lowest BCUT2D eigenvalue weighted by Gasteiger charge is -2.42. The van der Waals surface area contributed by atoms with Crippen LogP contribution >= 0.6 is 0 Å². The molecule has 0 saturated carbocycles. The zero-order valence-corrected chi connectivity index (χ0v) is 9.36. The zero-order valence-electron chi connectivity index (χ0n) is 9.36. The number of rotatable bonds is 5. The maximum atomic E-state index is 10.0. The summed E-state index contributed by atoms with van der Waals surface area (Å²) in [4.78, 5) is 0. The Balaban J connectivity index is 4.68. The number of aliphatic hydroxyl groups excluding tert-OH is 2. The van der Waals surface area contributed by atoms with E-state index in [2.05, 4.69) is 0 Å². The highest BCUT2D eigenvalue weighted by molar-refractivity contribution is 4.97. The summed E-state index contributed by atoms with van der Waals surface area (Å²) in [6, 6.07) is 0. The minimum atomic E-state index is -1.42. The molecule has 4 nitrogen and oxygen atoms in total. The van der Waals surface area contributed by atoms with E-state index in [-0.39, 0.29) is 13.0 Å². The summed E-state index contributed by atoms with van der Waals surface area (Å²) in [5, 5.41) is 38.1. The fourth-order valence-electron chi connectivity index (χ4n) is 1.49. The van der Waals surface area contributed by atoms with Crippen LogP contribution in [0.1, 0.15) is 34.1 Å². The van der Waals surface area contributed by atoms with Gasteiger partial charge in [0.05, 0.1) is 17.3 Å². The van der Waals surface area contributed by atoms with Crippen LogP contribution in [-0.4, -0.2) is 44.3 Å². The molecular weight excluding hydrogens is 184 g/mol. The first-order valence-electron chi connectivity index (χ1n) is 4.89. The minimum absolute atomic E-state index is 0.0738. The van der Waals surface area contributed by atoms with Crippen molar-refractivity contribution in [3.05, 3.63) is 0 Å². The summed E-state index contributed by atoms with van der Waals surface area (Å²) in [5.74, 6) is -0.448. The largest absolute Gasteiger partial charge is 0.396 e. The second-order valence-electron chi connectivity index (χ2n) is 4.56. The van der Waals surface area contributed by atoms with Gasteiger partial charge in [0.1, 0.15) is 0 Å². The summed E-state index contributed by atoms with van der Waals surface area (Å²) in [7, 11) is 0. The van der Waals surface area contributed by atoms with Crippen molar-refractivity contribution in [2.24, 2.45) is 5.92 Å². The Hall–Kier alpha value is -0.160. The van der Waals surface area contributed by atoms with Crippen LogP contribution < -0.4 is 0 Å². The van der Waals surface area contributed by atoms with Crippen molar-refractivity contribution >= 4 is 0 Å². The molecule has 4 unspecified atom stereocenters. The van der Waals surface area contributed by atoms with Crippen LogP contribution in [0.3, 0.4) is 0 Å². The van der Waals surface area contributed by atoms with Gasteiger partial charge in [0, 0.05) is 18.9 Å². The van der Waals surface area contributed by atoms with Gasteiger partial charge < -0.3 is 20.4 Å². The average Bonchev–Trinajstić information content (AvgIpc) is 2.00. The Morgan fingerprint density at radius 3 is 1.86 bits per heavy atom. The van der Waals surface area contributed by atoms with E-state index in [0.717, 1.165) is 0 Å². The molecular formula is C10H22O4. The fourth-order valence-corrected chi connectivity index (χ4v) is 1.49. The maximum absolute atomic E-state index is 10.0. The summed E-state index contributed by atoms with van der Waals surface area (Å²) in [5.41, 5.74) is -2.83. The van der Waals surface area contributed by atoms with Crippen molar-refractivity contribution < 1.29 is 20.4 Å². The van der Waals surface area contributed by atoms with Gasteiger partial charge in [-0.1, -0.05) is 6.92 Å². The van der Waals surface area contributed by atoms with E-state index in [1.807, 2.05) is 0 Å². The van der Waals surface area contributed by atoms with Gasteiger partial charge >= 0.3 is 0 Å². The molecule has 0 aliphatic carbocycles. The van der Waals surface area contributed by atoms with Crippen LogP contribution in [0.5, 0.6) is 0 Å². The normalized spacial score (nSPS) is 24.9. The van der Waals surface area contributed by atoms with Crippen molar-refractivity contribution in [3.8, 4) is 0 Å². The standard InChI is InChI=1S/C10H22O4/c1-7(6-11)10(4,14)9(3,13)5-8(2)12/h7-8,11-14H,5-6H2,1-4H3. The summed E-state index contributed by atoms with van der Waals surface area (Å²) >= 11 is 0. The quantitative estimate of drug-likeness (QED) is 0.506. The molecule has 4 atom stereocenters. The van der Waals surface area contributed by atoms with Gasteiger partial charge in [-0.2, -0.15) is 0 Å². The predicted octanol–water partition coefficient (Wildman–Crippen LogP) is -0.112. The number of aliphatic hydroxyl groups is 4. The van der Waals surface area contributed by atoms with Crippen molar-refractivity contribution in [2.45, 2.75) is 51.4 Å². The van der Waals surface area contributed by atoms with E-state index in [9.17, 15) is 15.3 Å². The molecule has 0 aromatic heterocycles. The van der Waals surface area contributed by atoms with Crippen molar-refractivity contribution in [3.63, 3.8) is 0 Å². The molecule has 4 heteroatoms. The minimum Gasteiger partial charge on any atom is -0.396 e. The van der Waals surface area contributed by atoms with Gasteiger partial charge in [-0.25, -0.2) is 0 Å².